The van der Waals surface area contributed by atoms with Gasteiger partial charge in [-0.3, -0.25) is 9.20 Å². The van der Waals surface area contributed by atoms with Gasteiger partial charge in [-0.05, 0) is 0 Å². The maximum Gasteiger partial charge on any atom is 0.235 e. The van der Waals surface area contributed by atoms with Crippen LogP contribution in [0, 0.1) is 0 Å². The molecule has 2 heterocycles. The van der Waals surface area contributed by atoms with Crippen LogP contribution in [0.2, 0.25) is 0 Å². The Morgan fingerprint density at radius 2 is 2.17 bits per heavy atom. The molecule has 0 unspecified atom stereocenters. The molecule has 0 radical (unpaired) electrons. The second kappa shape index (κ2) is 2.30. The number of nitrogens with zero attached hydrogens (tertiary/aromatic N) is 3. The molecule has 0 aliphatic rings. The van der Waals surface area contributed by atoms with Crippen LogP contribution in [0.4, 0.5) is 5.82 Å². The third-order valence-electron chi connectivity index (χ3n) is 1.55. The molecule has 0 saturated carbocycles. The van der Waals surface area contributed by atoms with Crippen molar-refractivity contribution in [2.45, 2.75) is 0 Å². The smallest absolute Gasteiger partial charge is 0.235 e. The minimum atomic E-state index is 0.473. The first-order valence-corrected chi connectivity index (χ1v) is 3.35. The number of carbonyl (C=O) groups excluding carboxylic acids is 1. The van der Waals surface area contributed by atoms with Crippen LogP contribution in [0.1, 0.15) is 10.4 Å². The van der Waals surface area contributed by atoms with Crippen LogP contribution < -0.4 is 5.73 Å². The van der Waals surface area contributed by atoms with Gasteiger partial charge in [-0.1, -0.05) is 0 Å². The zero-order chi connectivity index (χ0) is 8.55. The first-order chi connectivity index (χ1) is 5.81. The fourth-order valence-electron chi connectivity index (χ4n) is 0.967. The molecule has 0 aliphatic heterocycles. The Labute approximate surface area is 67.9 Å². The van der Waals surface area contributed by atoms with E-state index in [2.05, 4.69) is 9.97 Å². The Balaban J connectivity index is 2.79. The molecule has 0 amide bonds. The van der Waals surface area contributed by atoms with Gasteiger partial charge in [0.1, 0.15) is 5.82 Å². The topological polar surface area (TPSA) is 73.3 Å². The van der Waals surface area contributed by atoms with Crippen molar-refractivity contribution in [2.24, 2.45) is 0 Å². The summed E-state index contributed by atoms with van der Waals surface area (Å²) in [5, 5.41) is 0. The average molecular weight is 162 g/mol. The maximum atomic E-state index is 10.4. The van der Waals surface area contributed by atoms with E-state index in [1.165, 1.54) is 12.4 Å². The predicted molar refractivity (Wildman–Crippen MR) is 42.8 cm³/mol. The van der Waals surface area contributed by atoms with Gasteiger partial charge in [-0.25, -0.2) is 9.97 Å². The standard InChI is InChI=1S/C7H6N4O/c8-6-2-10-7-9-1-5(4-12)3-11(6)7/h1-4H,8H2. The largest absolute Gasteiger partial charge is 0.383 e. The van der Waals surface area contributed by atoms with Crippen molar-refractivity contribution in [3.8, 4) is 0 Å². The lowest BCUT2D eigenvalue weighted by molar-refractivity contribution is 0.112. The number of hydrogen-bond acceptors (Lipinski definition) is 4. The van der Waals surface area contributed by atoms with Gasteiger partial charge < -0.3 is 5.73 Å². The van der Waals surface area contributed by atoms with Crippen LogP contribution in [0.5, 0.6) is 0 Å². The molecule has 12 heavy (non-hydrogen) atoms. The highest BCUT2D eigenvalue weighted by atomic mass is 16.1. The average Bonchev–Trinajstić information content (AvgIpc) is 2.47. The number of hydrogen-bond donors (Lipinski definition) is 1. The molecule has 2 rings (SSSR count). The SMILES string of the molecule is Nc1cnc2ncc(C=O)cn12. The van der Waals surface area contributed by atoms with Crippen LogP contribution in [0.3, 0.4) is 0 Å². The molecule has 0 aromatic carbocycles. The van der Waals surface area contributed by atoms with Gasteiger partial charge >= 0.3 is 0 Å². The second-order valence-electron chi connectivity index (χ2n) is 2.36. The fraction of sp³-hybridized carbons (Fsp3) is 0. The summed E-state index contributed by atoms with van der Waals surface area (Å²) in [5.41, 5.74) is 6.02. The number of nitrogens with two attached hydrogens (primary N) is 1. The highest BCUT2D eigenvalue weighted by Gasteiger charge is 2.00. The number of aromatic nitrogens is 3. The van der Waals surface area contributed by atoms with E-state index < -0.39 is 0 Å². The molecule has 5 nitrogen and oxygen atoms in total. The van der Waals surface area contributed by atoms with Gasteiger partial charge in [-0.2, -0.15) is 0 Å². The number of anilines is 1. The molecule has 0 fully saturated rings. The van der Waals surface area contributed by atoms with Crippen molar-refractivity contribution < 1.29 is 4.79 Å². The van der Waals surface area contributed by atoms with Crippen molar-refractivity contribution >= 4 is 17.9 Å². The van der Waals surface area contributed by atoms with Gasteiger partial charge in [0, 0.05) is 18.0 Å². The molecule has 2 N–H and O–H groups in total. The first-order valence-electron chi connectivity index (χ1n) is 3.35. The van der Waals surface area contributed by atoms with Crippen molar-refractivity contribution in [2.75, 3.05) is 5.73 Å². The maximum absolute atomic E-state index is 10.4. The Kier molecular flexibility index (Phi) is 1.30. The van der Waals surface area contributed by atoms with Gasteiger partial charge in [-0.15, -0.1) is 0 Å². The lowest BCUT2D eigenvalue weighted by Crippen LogP contribution is -1.96. The molecule has 60 valence electrons. The molecule has 0 saturated heterocycles. The van der Waals surface area contributed by atoms with Crippen molar-refractivity contribution in [3.05, 3.63) is 24.2 Å². The summed E-state index contributed by atoms with van der Waals surface area (Å²) in [6.45, 7) is 0. The van der Waals surface area contributed by atoms with Crippen LogP contribution in [-0.2, 0) is 0 Å². The minimum absolute atomic E-state index is 0.473. The van der Waals surface area contributed by atoms with E-state index in [0.29, 0.717) is 23.4 Å². The van der Waals surface area contributed by atoms with Gasteiger partial charge in [0.05, 0.1) is 6.20 Å². The Bertz CT molecular complexity index is 434. The monoisotopic (exact) mass is 162 g/mol. The van der Waals surface area contributed by atoms with Gasteiger partial charge in [0.15, 0.2) is 6.29 Å². The molecule has 2 aromatic rings. The molecule has 5 heteroatoms. The predicted octanol–water partition coefficient (Wildman–Crippen LogP) is 0.124. The number of aldehydes is 1. The molecule has 0 bridgehead atoms. The van der Waals surface area contributed by atoms with Crippen molar-refractivity contribution in [3.63, 3.8) is 0 Å². The summed E-state index contributed by atoms with van der Waals surface area (Å²) in [6.07, 6.45) is 5.26. The van der Waals surface area contributed by atoms with Crippen molar-refractivity contribution in [1.29, 1.82) is 0 Å². The molecular weight excluding hydrogens is 156 g/mol. The number of rotatable bonds is 1. The Morgan fingerprint density at radius 3 is 2.92 bits per heavy atom. The summed E-state index contributed by atoms with van der Waals surface area (Å²) in [6, 6.07) is 0. The molecule has 2 aromatic heterocycles. The second-order valence-corrected chi connectivity index (χ2v) is 2.36. The molecular formula is C7H6N4O. The van der Waals surface area contributed by atoms with E-state index in [9.17, 15) is 4.79 Å². The fourth-order valence-corrected chi connectivity index (χ4v) is 0.967. The van der Waals surface area contributed by atoms with Crippen LogP contribution in [-0.4, -0.2) is 20.7 Å². The number of fused-ring (bicyclic) bond motifs is 1. The van der Waals surface area contributed by atoms with E-state index in [1.54, 1.807) is 10.6 Å². The molecule has 0 atom stereocenters. The third-order valence-corrected chi connectivity index (χ3v) is 1.55. The summed E-state index contributed by atoms with van der Waals surface area (Å²) < 4.78 is 1.56. The lowest BCUT2D eigenvalue weighted by atomic mass is 10.4. The summed E-state index contributed by atoms with van der Waals surface area (Å²) in [5.74, 6) is 0.972. The quantitative estimate of drug-likeness (QED) is 0.604. The number of carbonyl (C=O) groups is 1. The van der Waals surface area contributed by atoms with Crippen molar-refractivity contribution in [1.82, 2.24) is 14.4 Å². The van der Waals surface area contributed by atoms with E-state index in [-0.39, 0.29) is 0 Å². The summed E-state index contributed by atoms with van der Waals surface area (Å²) >= 11 is 0. The zero-order valence-corrected chi connectivity index (χ0v) is 6.14. The first kappa shape index (κ1) is 6.78. The van der Waals surface area contributed by atoms with E-state index >= 15 is 0 Å². The van der Waals surface area contributed by atoms with Crippen LogP contribution in [0.15, 0.2) is 18.6 Å². The highest BCUT2D eigenvalue weighted by molar-refractivity contribution is 5.74. The lowest BCUT2D eigenvalue weighted by Gasteiger charge is -1.94. The van der Waals surface area contributed by atoms with E-state index in [1.807, 2.05) is 0 Å². The van der Waals surface area contributed by atoms with E-state index in [0.717, 1.165) is 0 Å². The van der Waals surface area contributed by atoms with Crippen LogP contribution in [0.25, 0.3) is 5.78 Å². The highest BCUT2D eigenvalue weighted by Crippen LogP contribution is 2.05. The number of imidazole rings is 1. The summed E-state index contributed by atoms with van der Waals surface area (Å²) in [7, 11) is 0. The van der Waals surface area contributed by atoms with Crippen LogP contribution >= 0.6 is 0 Å². The normalized spacial score (nSPS) is 10.3. The van der Waals surface area contributed by atoms with Gasteiger partial charge in [0.2, 0.25) is 5.78 Å². The third kappa shape index (κ3) is 0.833. The Hall–Kier alpha value is -1.91. The molecule has 0 aliphatic carbocycles. The van der Waals surface area contributed by atoms with E-state index in [4.69, 9.17) is 5.73 Å². The zero-order valence-electron chi connectivity index (χ0n) is 6.14. The minimum Gasteiger partial charge on any atom is -0.383 e. The Morgan fingerprint density at radius 1 is 1.42 bits per heavy atom. The number of nitrogen functional groups attached to an aromatic ring is 1. The summed E-state index contributed by atoms with van der Waals surface area (Å²) in [4.78, 5) is 18.2. The molecule has 0 spiro atoms. The van der Waals surface area contributed by atoms with Gasteiger partial charge in [0.25, 0.3) is 0 Å².